The van der Waals surface area contributed by atoms with Crippen molar-refractivity contribution in [3.8, 4) is 0 Å². The normalized spacial score (nSPS) is 32.4. The van der Waals surface area contributed by atoms with Gasteiger partial charge in [0.2, 0.25) is 0 Å². The van der Waals surface area contributed by atoms with Gasteiger partial charge in [-0.1, -0.05) is 63.6 Å². The van der Waals surface area contributed by atoms with Crippen molar-refractivity contribution >= 4 is 12.3 Å². The highest BCUT2D eigenvalue weighted by Gasteiger charge is 2.59. The van der Waals surface area contributed by atoms with E-state index in [2.05, 4.69) is 13.8 Å². The number of esters is 1. The number of hydrogen-bond acceptors (Lipinski definition) is 5. The molecule has 0 bridgehead atoms. The van der Waals surface area contributed by atoms with Gasteiger partial charge in [-0.2, -0.15) is 0 Å². The van der Waals surface area contributed by atoms with Gasteiger partial charge < -0.3 is 14.9 Å². The summed E-state index contributed by atoms with van der Waals surface area (Å²) in [6, 6.07) is 9.57. The molecule has 2 N–H and O–H groups in total. The second kappa shape index (κ2) is 11.0. The standard InChI is InChI=1S/C28H40O5/c1-20(13-15-29)12-14-27(2)23(19-33-26(32)16-21-8-5-4-6-9-21)17-25(31)28(3)22(18-30)10-7-11-24(27)28/h4-6,8-10,18,20,23-25,29,31H,7,11-17,19H2,1-3H3/t20-,23-,24+,25-,27-,28-/m0/s1. The maximum absolute atomic E-state index is 12.6. The van der Waals surface area contributed by atoms with Crippen LogP contribution < -0.4 is 0 Å². The Labute approximate surface area is 198 Å². The lowest BCUT2D eigenvalue weighted by molar-refractivity contribution is -0.162. The van der Waals surface area contributed by atoms with Crippen LogP contribution in [0.4, 0.5) is 0 Å². The molecule has 0 spiro atoms. The molecule has 0 heterocycles. The second-order valence-electron chi connectivity index (χ2n) is 10.6. The lowest BCUT2D eigenvalue weighted by Crippen LogP contribution is -2.58. The van der Waals surface area contributed by atoms with Gasteiger partial charge in [-0.15, -0.1) is 0 Å². The fourth-order valence-electron chi connectivity index (χ4n) is 6.37. The second-order valence-corrected chi connectivity index (χ2v) is 10.6. The molecule has 3 rings (SSSR count). The van der Waals surface area contributed by atoms with E-state index in [1.54, 1.807) is 0 Å². The number of carbonyl (C=O) groups is 2. The molecule has 1 aromatic carbocycles. The van der Waals surface area contributed by atoms with E-state index < -0.39 is 11.5 Å². The smallest absolute Gasteiger partial charge is 0.310 e. The van der Waals surface area contributed by atoms with Gasteiger partial charge in [-0.05, 0) is 60.5 Å². The summed E-state index contributed by atoms with van der Waals surface area (Å²) in [4.78, 5) is 24.5. The SMILES string of the molecule is C[C@H](CCO)CC[C@@]1(C)[C@H](COC(=O)Cc2ccccc2)C[C@H](O)[C@@]2(C)C(C=O)=CCC[C@H]12. The number of ether oxygens (including phenoxy) is 1. The molecule has 5 heteroatoms. The minimum Gasteiger partial charge on any atom is -0.465 e. The van der Waals surface area contributed by atoms with E-state index in [1.165, 1.54) is 0 Å². The van der Waals surface area contributed by atoms with Crippen molar-refractivity contribution in [1.82, 2.24) is 0 Å². The van der Waals surface area contributed by atoms with E-state index >= 15 is 0 Å². The van der Waals surface area contributed by atoms with Crippen LogP contribution in [0.15, 0.2) is 42.0 Å². The largest absolute Gasteiger partial charge is 0.465 e. The molecule has 1 aromatic rings. The zero-order valence-corrected chi connectivity index (χ0v) is 20.3. The lowest BCUT2D eigenvalue weighted by atomic mass is 9.45. The summed E-state index contributed by atoms with van der Waals surface area (Å²) in [5, 5.41) is 20.6. The molecule has 6 atom stereocenters. The van der Waals surface area contributed by atoms with E-state index in [1.807, 2.05) is 43.3 Å². The topological polar surface area (TPSA) is 83.8 Å². The molecule has 0 radical (unpaired) electrons. The van der Waals surface area contributed by atoms with Crippen LogP contribution in [0, 0.1) is 28.6 Å². The maximum atomic E-state index is 12.6. The molecule has 2 aliphatic carbocycles. The minimum absolute atomic E-state index is 0.0117. The van der Waals surface area contributed by atoms with Gasteiger partial charge in [-0.3, -0.25) is 9.59 Å². The van der Waals surface area contributed by atoms with E-state index in [0.29, 0.717) is 17.9 Å². The van der Waals surface area contributed by atoms with Crippen molar-refractivity contribution in [2.45, 2.75) is 71.8 Å². The first kappa shape index (κ1) is 25.6. The summed E-state index contributed by atoms with van der Waals surface area (Å²) in [5.41, 5.74) is 0.861. The van der Waals surface area contributed by atoms with Gasteiger partial charge in [0.25, 0.3) is 0 Å². The number of rotatable bonds is 10. The Hall–Kier alpha value is -1.98. The number of aliphatic hydroxyl groups excluding tert-OH is 2. The molecule has 33 heavy (non-hydrogen) atoms. The van der Waals surface area contributed by atoms with E-state index in [-0.39, 0.29) is 42.9 Å². The molecule has 0 saturated heterocycles. The molecule has 0 aliphatic heterocycles. The number of benzene rings is 1. The molecule has 0 amide bonds. The van der Waals surface area contributed by atoms with Gasteiger partial charge in [0.1, 0.15) is 6.29 Å². The van der Waals surface area contributed by atoms with Crippen LogP contribution in [0.25, 0.3) is 0 Å². The fourth-order valence-corrected chi connectivity index (χ4v) is 6.37. The van der Waals surface area contributed by atoms with Crippen molar-refractivity contribution in [1.29, 1.82) is 0 Å². The summed E-state index contributed by atoms with van der Waals surface area (Å²) in [6.45, 7) is 6.91. The monoisotopic (exact) mass is 456 g/mol. The third-order valence-electron chi connectivity index (χ3n) is 8.66. The zero-order valence-electron chi connectivity index (χ0n) is 20.3. The van der Waals surface area contributed by atoms with Gasteiger partial charge in [0.15, 0.2) is 0 Å². The van der Waals surface area contributed by atoms with Crippen LogP contribution in [0.2, 0.25) is 0 Å². The first-order valence-corrected chi connectivity index (χ1v) is 12.4. The van der Waals surface area contributed by atoms with E-state index in [4.69, 9.17) is 4.74 Å². The molecule has 5 nitrogen and oxygen atoms in total. The quantitative estimate of drug-likeness (QED) is 0.400. The highest BCUT2D eigenvalue weighted by molar-refractivity contribution is 5.76. The van der Waals surface area contributed by atoms with E-state index in [0.717, 1.165) is 44.0 Å². The Morgan fingerprint density at radius 3 is 2.64 bits per heavy atom. The van der Waals surface area contributed by atoms with Gasteiger partial charge in [-0.25, -0.2) is 0 Å². The molecular weight excluding hydrogens is 416 g/mol. The predicted octanol–water partition coefficient (Wildman–Crippen LogP) is 4.50. The zero-order chi connectivity index (χ0) is 24.1. The van der Waals surface area contributed by atoms with Crippen LogP contribution in [-0.2, 0) is 20.7 Å². The van der Waals surface area contributed by atoms with Crippen LogP contribution in [-0.4, -0.2) is 41.8 Å². The lowest BCUT2D eigenvalue weighted by Gasteiger charge is -2.60. The van der Waals surface area contributed by atoms with Crippen LogP contribution >= 0.6 is 0 Å². The number of hydrogen-bond donors (Lipinski definition) is 2. The first-order valence-electron chi connectivity index (χ1n) is 12.4. The molecule has 0 aromatic heterocycles. The molecule has 1 fully saturated rings. The Bertz CT molecular complexity index is 834. The summed E-state index contributed by atoms with van der Waals surface area (Å²) < 4.78 is 5.78. The Morgan fingerprint density at radius 2 is 1.97 bits per heavy atom. The molecule has 0 unspecified atom stereocenters. The highest BCUT2D eigenvalue weighted by Crippen LogP contribution is 2.62. The van der Waals surface area contributed by atoms with Crippen molar-refractivity contribution in [3.05, 3.63) is 47.5 Å². The summed E-state index contributed by atoms with van der Waals surface area (Å²) in [7, 11) is 0. The molecule has 182 valence electrons. The Morgan fingerprint density at radius 1 is 1.24 bits per heavy atom. The van der Waals surface area contributed by atoms with Crippen LogP contribution in [0.5, 0.6) is 0 Å². The Balaban J connectivity index is 1.80. The average Bonchev–Trinajstić information content (AvgIpc) is 2.80. The van der Waals surface area contributed by atoms with Crippen molar-refractivity contribution in [2.75, 3.05) is 13.2 Å². The van der Waals surface area contributed by atoms with E-state index in [9.17, 15) is 19.8 Å². The summed E-state index contributed by atoms with van der Waals surface area (Å²) >= 11 is 0. The fraction of sp³-hybridized carbons (Fsp3) is 0.643. The summed E-state index contributed by atoms with van der Waals surface area (Å²) in [6.07, 6.45) is 7.35. The van der Waals surface area contributed by atoms with Gasteiger partial charge >= 0.3 is 5.97 Å². The van der Waals surface area contributed by atoms with Crippen LogP contribution in [0.1, 0.15) is 64.9 Å². The highest BCUT2D eigenvalue weighted by atomic mass is 16.5. The Kier molecular flexibility index (Phi) is 8.52. The van der Waals surface area contributed by atoms with Crippen molar-refractivity contribution < 1.29 is 24.5 Å². The maximum Gasteiger partial charge on any atom is 0.310 e. The summed E-state index contributed by atoms with van der Waals surface area (Å²) in [5.74, 6) is 0.267. The minimum atomic E-state index is -0.653. The predicted molar refractivity (Wildman–Crippen MR) is 128 cm³/mol. The number of fused-ring (bicyclic) bond motifs is 1. The number of aliphatic hydroxyl groups is 2. The first-order chi connectivity index (χ1) is 15.8. The third kappa shape index (κ3) is 5.41. The van der Waals surface area contributed by atoms with Gasteiger partial charge in [0.05, 0.1) is 19.1 Å². The number of allylic oxidation sites excluding steroid dienone is 1. The van der Waals surface area contributed by atoms with Gasteiger partial charge in [0, 0.05) is 17.9 Å². The third-order valence-corrected chi connectivity index (χ3v) is 8.66. The van der Waals surface area contributed by atoms with Crippen LogP contribution in [0.3, 0.4) is 0 Å². The average molecular weight is 457 g/mol. The molecule has 1 saturated carbocycles. The number of aldehydes is 1. The molecular formula is C28H40O5. The van der Waals surface area contributed by atoms with Crippen molar-refractivity contribution in [3.63, 3.8) is 0 Å². The molecule has 2 aliphatic rings. The number of carbonyl (C=O) groups excluding carboxylic acids is 2. The van der Waals surface area contributed by atoms with Crippen molar-refractivity contribution in [2.24, 2.45) is 28.6 Å².